The van der Waals surface area contributed by atoms with Crippen LogP contribution in [0.4, 0.5) is 0 Å². The third kappa shape index (κ3) is 2.39. The van der Waals surface area contributed by atoms with E-state index < -0.39 is 10.0 Å². The lowest BCUT2D eigenvalue weighted by Gasteiger charge is -2.30. The van der Waals surface area contributed by atoms with E-state index in [1.807, 2.05) is 12.1 Å². The van der Waals surface area contributed by atoms with Crippen molar-refractivity contribution in [1.29, 1.82) is 0 Å². The number of rotatable bonds is 3. The van der Waals surface area contributed by atoms with Crippen molar-refractivity contribution in [1.82, 2.24) is 4.31 Å². The number of aliphatic imine (C=N–C) groups is 1. The Morgan fingerprint density at radius 3 is 2.45 bits per heavy atom. The highest BCUT2D eigenvalue weighted by atomic mass is 32.2. The van der Waals surface area contributed by atoms with Crippen LogP contribution in [0.3, 0.4) is 0 Å². The van der Waals surface area contributed by atoms with Gasteiger partial charge in [-0.3, -0.25) is 4.99 Å². The molecule has 1 fully saturated rings. The van der Waals surface area contributed by atoms with E-state index in [1.54, 1.807) is 18.3 Å². The Hall–Kier alpha value is -1.24. The minimum atomic E-state index is -3.29. The molecule has 0 saturated carbocycles. The maximum absolute atomic E-state index is 12.2. The van der Waals surface area contributed by atoms with Gasteiger partial charge in [-0.15, -0.1) is 0 Å². The van der Waals surface area contributed by atoms with Gasteiger partial charge in [-0.1, -0.05) is 12.1 Å². The van der Waals surface area contributed by atoms with E-state index in [0.717, 1.165) is 24.9 Å². The Kier molecular flexibility index (Phi) is 3.62. The average molecular weight is 293 g/mol. The van der Waals surface area contributed by atoms with Crippen molar-refractivity contribution in [3.63, 3.8) is 0 Å². The van der Waals surface area contributed by atoms with Gasteiger partial charge in [-0.2, -0.15) is 4.31 Å². The normalized spacial score (nSPS) is 27.2. The molecular formula is C14H19N3O2S. The van der Waals surface area contributed by atoms with Crippen molar-refractivity contribution >= 4 is 16.2 Å². The third-order valence-electron chi connectivity index (χ3n) is 4.07. The first-order valence-electron chi connectivity index (χ1n) is 6.95. The summed E-state index contributed by atoms with van der Waals surface area (Å²) in [6.07, 6.45) is 3.66. The van der Waals surface area contributed by atoms with Gasteiger partial charge in [0.25, 0.3) is 0 Å². The van der Waals surface area contributed by atoms with Crippen LogP contribution in [0.5, 0.6) is 0 Å². The molecule has 2 aliphatic rings. The van der Waals surface area contributed by atoms with E-state index in [-0.39, 0.29) is 12.0 Å². The molecule has 0 radical (unpaired) electrons. The lowest BCUT2D eigenvalue weighted by Crippen LogP contribution is -2.41. The molecule has 20 heavy (non-hydrogen) atoms. The standard InChI is InChI=1S/C14H19N3O2S/c15-14-10-16-7-6-13(14)11-2-4-12(5-3-11)20(18,19)17-8-1-9-17/h2-5,10,13-14H,1,6-9,15H2. The van der Waals surface area contributed by atoms with E-state index in [9.17, 15) is 8.42 Å². The van der Waals surface area contributed by atoms with Crippen molar-refractivity contribution in [2.24, 2.45) is 10.7 Å². The molecule has 0 spiro atoms. The second-order valence-electron chi connectivity index (χ2n) is 5.35. The Labute approximate surface area is 119 Å². The molecule has 0 bridgehead atoms. The highest BCUT2D eigenvalue weighted by Crippen LogP contribution is 2.27. The summed E-state index contributed by atoms with van der Waals surface area (Å²) >= 11 is 0. The van der Waals surface area contributed by atoms with Crippen molar-refractivity contribution in [2.75, 3.05) is 19.6 Å². The van der Waals surface area contributed by atoms with E-state index >= 15 is 0 Å². The fraction of sp³-hybridized carbons (Fsp3) is 0.500. The van der Waals surface area contributed by atoms with E-state index in [2.05, 4.69) is 4.99 Å². The van der Waals surface area contributed by atoms with Gasteiger partial charge in [-0.05, 0) is 30.5 Å². The predicted molar refractivity (Wildman–Crippen MR) is 78.5 cm³/mol. The fourth-order valence-electron chi connectivity index (χ4n) is 2.66. The van der Waals surface area contributed by atoms with Crippen molar-refractivity contribution in [3.8, 4) is 0 Å². The van der Waals surface area contributed by atoms with Crippen LogP contribution >= 0.6 is 0 Å². The lowest BCUT2D eigenvalue weighted by atomic mass is 9.88. The van der Waals surface area contributed by atoms with Crippen molar-refractivity contribution < 1.29 is 8.42 Å². The molecule has 2 heterocycles. The van der Waals surface area contributed by atoms with Gasteiger partial charge in [0.2, 0.25) is 10.0 Å². The fourth-order valence-corrected chi connectivity index (χ4v) is 4.18. The Bertz CT molecular complexity index is 606. The third-order valence-corrected chi connectivity index (χ3v) is 5.99. The van der Waals surface area contributed by atoms with Crippen LogP contribution in [0, 0.1) is 0 Å². The Morgan fingerprint density at radius 2 is 1.90 bits per heavy atom. The SMILES string of the molecule is NC1C=NCCC1c1ccc(S(=O)(=O)N2CCC2)cc1. The average Bonchev–Trinajstić information content (AvgIpc) is 2.37. The molecule has 108 valence electrons. The Balaban J connectivity index is 1.82. The highest BCUT2D eigenvalue weighted by Gasteiger charge is 2.29. The largest absolute Gasteiger partial charge is 0.323 e. The minimum absolute atomic E-state index is 0.0819. The number of hydrogen-bond donors (Lipinski definition) is 1. The van der Waals surface area contributed by atoms with Crippen LogP contribution in [0.25, 0.3) is 0 Å². The van der Waals surface area contributed by atoms with Gasteiger partial charge in [0.15, 0.2) is 0 Å². The monoisotopic (exact) mass is 293 g/mol. The second kappa shape index (κ2) is 5.27. The molecule has 6 heteroatoms. The van der Waals surface area contributed by atoms with Crippen LogP contribution in [0.15, 0.2) is 34.2 Å². The zero-order valence-corrected chi connectivity index (χ0v) is 12.1. The van der Waals surface area contributed by atoms with Gasteiger partial charge < -0.3 is 5.73 Å². The van der Waals surface area contributed by atoms with Gasteiger partial charge in [0.05, 0.1) is 4.90 Å². The van der Waals surface area contributed by atoms with Gasteiger partial charge in [-0.25, -0.2) is 8.42 Å². The summed E-state index contributed by atoms with van der Waals surface area (Å²) in [6.45, 7) is 2.05. The smallest absolute Gasteiger partial charge is 0.243 e. The summed E-state index contributed by atoms with van der Waals surface area (Å²) in [5.41, 5.74) is 7.13. The molecule has 2 N–H and O–H groups in total. The molecular weight excluding hydrogens is 274 g/mol. The van der Waals surface area contributed by atoms with Crippen molar-refractivity contribution in [3.05, 3.63) is 29.8 Å². The summed E-state index contributed by atoms with van der Waals surface area (Å²) in [4.78, 5) is 4.55. The van der Waals surface area contributed by atoms with Gasteiger partial charge >= 0.3 is 0 Å². The minimum Gasteiger partial charge on any atom is -0.323 e. The molecule has 1 saturated heterocycles. The van der Waals surface area contributed by atoms with Crippen molar-refractivity contribution in [2.45, 2.75) is 29.7 Å². The van der Waals surface area contributed by atoms with Crippen LogP contribution in [0.1, 0.15) is 24.3 Å². The molecule has 0 aliphatic carbocycles. The van der Waals surface area contributed by atoms with Gasteiger partial charge in [0, 0.05) is 37.8 Å². The number of nitrogens with zero attached hydrogens (tertiary/aromatic N) is 2. The summed E-state index contributed by atoms with van der Waals surface area (Å²) < 4.78 is 26.0. The van der Waals surface area contributed by atoms with Crippen LogP contribution in [0.2, 0.25) is 0 Å². The van der Waals surface area contributed by atoms with E-state index in [4.69, 9.17) is 5.73 Å². The summed E-state index contributed by atoms with van der Waals surface area (Å²) in [5.74, 6) is 0.230. The summed E-state index contributed by atoms with van der Waals surface area (Å²) in [7, 11) is -3.29. The molecule has 2 atom stereocenters. The predicted octanol–water partition coefficient (Wildman–Crippen LogP) is 0.966. The number of hydrogen-bond acceptors (Lipinski definition) is 4. The quantitative estimate of drug-likeness (QED) is 0.902. The molecule has 0 aromatic heterocycles. The van der Waals surface area contributed by atoms with Crippen LogP contribution < -0.4 is 5.73 Å². The van der Waals surface area contributed by atoms with E-state index in [0.29, 0.717) is 18.0 Å². The zero-order valence-electron chi connectivity index (χ0n) is 11.3. The molecule has 1 aromatic rings. The maximum Gasteiger partial charge on any atom is 0.243 e. The van der Waals surface area contributed by atoms with Crippen LogP contribution in [-0.2, 0) is 10.0 Å². The first-order valence-corrected chi connectivity index (χ1v) is 8.39. The molecule has 5 nitrogen and oxygen atoms in total. The number of nitrogens with two attached hydrogens (primary N) is 1. The first-order chi connectivity index (χ1) is 9.59. The first kappa shape index (κ1) is 13.7. The summed E-state index contributed by atoms with van der Waals surface area (Å²) in [6, 6.07) is 7.08. The lowest BCUT2D eigenvalue weighted by molar-refractivity contribution is 0.309. The maximum atomic E-state index is 12.2. The number of benzene rings is 1. The molecule has 3 rings (SSSR count). The zero-order chi connectivity index (χ0) is 14.2. The number of sulfonamides is 1. The Morgan fingerprint density at radius 1 is 1.20 bits per heavy atom. The molecule has 2 unspecified atom stereocenters. The molecule has 0 amide bonds. The topological polar surface area (TPSA) is 75.8 Å². The van der Waals surface area contributed by atoms with E-state index in [1.165, 1.54) is 4.31 Å². The summed E-state index contributed by atoms with van der Waals surface area (Å²) in [5, 5.41) is 0. The highest BCUT2D eigenvalue weighted by molar-refractivity contribution is 7.89. The van der Waals surface area contributed by atoms with Crippen LogP contribution in [-0.4, -0.2) is 44.6 Å². The molecule has 2 aliphatic heterocycles. The van der Waals surface area contributed by atoms with Gasteiger partial charge in [0.1, 0.15) is 0 Å². The second-order valence-corrected chi connectivity index (χ2v) is 7.29. The molecule has 1 aromatic carbocycles.